The molecule has 0 aliphatic carbocycles. The van der Waals surface area contributed by atoms with E-state index in [2.05, 4.69) is 15.2 Å². The Labute approximate surface area is 247 Å². The van der Waals surface area contributed by atoms with Gasteiger partial charge in [0.15, 0.2) is 21.6 Å². The van der Waals surface area contributed by atoms with Crippen molar-refractivity contribution < 1.29 is 24.2 Å². The van der Waals surface area contributed by atoms with Crippen LogP contribution >= 0.6 is 46.0 Å². The number of nitrogens with zero attached hydrogens (tertiary/aromatic N) is 4. The lowest BCUT2D eigenvalue weighted by atomic mass is 9.95. The van der Waals surface area contributed by atoms with E-state index < -0.39 is 23.5 Å². The molecule has 1 N–H and O–H groups in total. The molecule has 0 saturated heterocycles. The summed E-state index contributed by atoms with van der Waals surface area (Å²) in [6.07, 6.45) is 0. The summed E-state index contributed by atoms with van der Waals surface area (Å²) in [7, 11) is 3.01. The van der Waals surface area contributed by atoms with Crippen LogP contribution in [0.2, 0.25) is 5.02 Å². The Hall–Kier alpha value is -3.45. The van der Waals surface area contributed by atoms with Gasteiger partial charge in [-0.2, -0.15) is 0 Å². The second kappa shape index (κ2) is 11.6. The summed E-state index contributed by atoms with van der Waals surface area (Å²) < 4.78 is 11.5. The minimum atomic E-state index is -0.983. The highest BCUT2D eigenvalue weighted by Gasteiger charge is 2.47. The number of thiazole rings is 1. The molecule has 3 heterocycles. The Morgan fingerprint density at radius 2 is 1.80 bits per heavy atom. The number of halogens is 1. The van der Waals surface area contributed by atoms with Gasteiger partial charge in [0, 0.05) is 10.8 Å². The van der Waals surface area contributed by atoms with E-state index in [1.165, 1.54) is 53.6 Å². The van der Waals surface area contributed by atoms with Crippen LogP contribution in [0.25, 0.3) is 0 Å². The molecule has 0 fully saturated rings. The van der Waals surface area contributed by atoms with E-state index in [9.17, 15) is 14.7 Å². The van der Waals surface area contributed by atoms with Crippen LogP contribution in [0.3, 0.4) is 0 Å². The Balaban J connectivity index is 1.54. The number of thioether (sulfide) groups is 1. The average molecular weight is 615 g/mol. The molecule has 0 saturated carbocycles. The third kappa shape index (κ3) is 5.31. The van der Waals surface area contributed by atoms with Gasteiger partial charge < -0.3 is 14.6 Å². The molecule has 1 atom stereocenters. The minimum absolute atomic E-state index is 0.0606. The number of aliphatic hydroxyl groups excluding tert-OH is 1. The predicted molar refractivity (Wildman–Crippen MR) is 156 cm³/mol. The molecular formula is C27H23ClN4O5S3. The first-order valence-corrected chi connectivity index (χ1v) is 14.9. The fourth-order valence-electron chi connectivity index (χ4n) is 4.32. The highest BCUT2D eigenvalue weighted by Crippen LogP contribution is 2.46. The smallest absolute Gasteiger partial charge is 0.296 e. The number of aliphatic hydroxyl groups is 1. The Morgan fingerprint density at radius 3 is 2.45 bits per heavy atom. The van der Waals surface area contributed by atoms with Gasteiger partial charge in [0.2, 0.25) is 10.9 Å². The normalized spacial score (nSPS) is 15.2. The van der Waals surface area contributed by atoms with Crippen LogP contribution in [0.1, 0.15) is 37.5 Å². The molecule has 1 aliphatic heterocycles. The number of methoxy groups -OCH3 is 2. The Bertz CT molecular complexity index is 1630. The van der Waals surface area contributed by atoms with Crippen LogP contribution in [0, 0.1) is 13.8 Å². The van der Waals surface area contributed by atoms with Gasteiger partial charge in [-0.25, -0.2) is 4.98 Å². The molecule has 1 aliphatic rings. The van der Waals surface area contributed by atoms with E-state index >= 15 is 0 Å². The van der Waals surface area contributed by atoms with Crippen LogP contribution < -0.4 is 14.4 Å². The van der Waals surface area contributed by atoms with Gasteiger partial charge in [-0.05, 0) is 49.2 Å². The molecule has 5 rings (SSSR count). The van der Waals surface area contributed by atoms with Crippen LogP contribution in [0.4, 0.5) is 5.13 Å². The van der Waals surface area contributed by atoms with Crippen molar-refractivity contribution in [1.82, 2.24) is 15.2 Å². The van der Waals surface area contributed by atoms with Crippen LogP contribution in [0.15, 0.2) is 58.1 Å². The maximum absolute atomic E-state index is 13.8. The zero-order valence-electron chi connectivity index (χ0n) is 21.8. The van der Waals surface area contributed by atoms with Crippen molar-refractivity contribution in [2.45, 2.75) is 30.0 Å². The van der Waals surface area contributed by atoms with E-state index in [1.54, 1.807) is 32.0 Å². The Morgan fingerprint density at radius 1 is 1.07 bits per heavy atom. The summed E-state index contributed by atoms with van der Waals surface area (Å²) in [5.74, 6) is -0.344. The molecule has 4 aromatic rings. The topological polar surface area (TPSA) is 115 Å². The molecule has 40 heavy (non-hydrogen) atoms. The molecule has 2 aromatic carbocycles. The van der Waals surface area contributed by atoms with Gasteiger partial charge in [-0.1, -0.05) is 52.9 Å². The summed E-state index contributed by atoms with van der Waals surface area (Å²) in [6, 6.07) is 11.6. The SMILES string of the molecule is COc1ccc(C2C(C(=O)c3sc(C)nc3C)=C(O)C(=O)N2c2nnc(SCc3ccc(Cl)cc3)s2)cc1OC. The third-order valence-electron chi connectivity index (χ3n) is 6.16. The second-order valence-corrected chi connectivity index (χ2v) is 12.5. The van der Waals surface area contributed by atoms with E-state index in [0.717, 1.165) is 5.56 Å². The highest BCUT2D eigenvalue weighted by atomic mass is 35.5. The molecule has 206 valence electrons. The number of carbonyl (C=O) groups excluding carboxylic acids is 2. The summed E-state index contributed by atoms with van der Waals surface area (Å²) in [6.45, 7) is 3.52. The standard InChI is InChI=1S/C27H23ClN4O5S3/c1-13-24(39-14(2)29-13)22(33)20-21(16-7-10-18(36-3)19(11-16)37-4)32(25(35)23(20)34)26-30-31-27(40-26)38-12-15-5-8-17(28)9-6-15/h5-11,21,34H,12H2,1-4H3. The second-order valence-electron chi connectivity index (χ2n) is 8.70. The van der Waals surface area contributed by atoms with Crippen molar-refractivity contribution in [1.29, 1.82) is 0 Å². The van der Waals surface area contributed by atoms with E-state index in [4.69, 9.17) is 21.1 Å². The largest absolute Gasteiger partial charge is 0.503 e. The van der Waals surface area contributed by atoms with E-state index in [0.29, 0.717) is 47.8 Å². The number of hydrogen-bond donors (Lipinski definition) is 1. The zero-order valence-corrected chi connectivity index (χ0v) is 25.0. The number of aryl methyl sites for hydroxylation is 2. The maximum atomic E-state index is 13.8. The molecular weight excluding hydrogens is 592 g/mol. The minimum Gasteiger partial charge on any atom is -0.503 e. The molecule has 13 heteroatoms. The van der Waals surface area contributed by atoms with Crippen LogP contribution in [0.5, 0.6) is 11.5 Å². The number of rotatable bonds is 9. The number of benzene rings is 2. The number of amides is 1. The maximum Gasteiger partial charge on any atom is 0.296 e. The molecule has 0 spiro atoms. The first-order chi connectivity index (χ1) is 19.2. The number of hydrogen-bond acceptors (Lipinski definition) is 11. The van der Waals surface area contributed by atoms with Gasteiger partial charge in [0.1, 0.15) is 0 Å². The van der Waals surface area contributed by atoms with Gasteiger partial charge in [0.05, 0.1) is 41.4 Å². The fraction of sp³-hybridized carbons (Fsp3) is 0.222. The number of ketones is 1. The highest BCUT2D eigenvalue weighted by molar-refractivity contribution is 8.00. The van der Waals surface area contributed by atoms with Crippen molar-refractivity contribution in [3.05, 3.63) is 85.5 Å². The van der Waals surface area contributed by atoms with Gasteiger partial charge in [-0.3, -0.25) is 14.5 Å². The summed E-state index contributed by atoms with van der Waals surface area (Å²) in [5, 5.41) is 21.2. The molecule has 0 bridgehead atoms. The quantitative estimate of drug-likeness (QED) is 0.131. The molecule has 9 nitrogen and oxygen atoms in total. The van der Waals surface area contributed by atoms with Crippen LogP contribution in [-0.4, -0.2) is 46.2 Å². The average Bonchev–Trinajstić information content (AvgIpc) is 3.63. The summed E-state index contributed by atoms with van der Waals surface area (Å²) >= 11 is 9.85. The number of ether oxygens (including phenoxy) is 2. The van der Waals surface area contributed by atoms with Gasteiger partial charge in [-0.15, -0.1) is 21.5 Å². The summed E-state index contributed by atoms with van der Waals surface area (Å²) in [4.78, 5) is 33.4. The molecule has 1 unspecified atom stereocenters. The zero-order chi connectivity index (χ0) is 28.6. The number of anilines is 1. The van der Waals surface area contributed by atoms with Gasteiger partial charge >= 0.3 is 0 Å². The monoisotopic (exact) mass is 614 g/mol. The Kier molecular flexibility index (Phi) is 8.13. The van der Waals surface area contributed by atoms with Crippen molar-refractivity contribution >= 4 is 62.9 Å². The van der Waals surface area contributed by atoms with E-state index in [1.807, 2.05) is 24.3 Å². The van der Waals surface area contributed by atoms with E-state index in [-0.39, 0.29) is 10.7 Å². The summed E-state index contributed by atoms with van der Waals surface area (Å²) in [5.41, 5.74) is 2.05. The lowest BCUT2D eigenvalue weighted by molar-refractivity contribution is -0.117. The first kappa shape index (κ1) is 28.1. The predicted octanol–water partition coefficient (Wildman–Crippen LogP) is 6.36. The molecule has 1 amide bonds. The van der Waals surface area contributed by atoms with Gasteiger partial charge in [0.25, 0.3) is 5.91 Å². The first-order valence-electron chi connectivity index (χ1n) is 11.9. The van der Waals surface area contributed by atoms with Crippen molar-refractivity contribution in [3.63, 3.8) is 0 Å². The van der Waals surface area contributed by atoms with Crippen molar-refractivity contribution in [2.75, 3.05) is 19.1 Å². The molecule has 0 radical (unpaired) electrons. The van der Waals surface area contributed by atoms with Crippen molar-refractivity contribution in [3.8, 4) is 11.5 Å². The van der Waals surface area contributed by atoms with Crippen LogP contribution in [-0.2, 0) is 10.5 Å². The lowest BCUT2D eigenvalue weighted by Crippen LogP contribution is -2.31. The number of aromatic nitrogens is 3. The third-order valence-corrected chi connectivity index (χ3v) is 9.61. The number of carbonyl (C=O) groups is 2. The fourth-order valence-corrected chi connectivity index (χ4v) is 7.14. The lowest BCUT2D eigenvalue weighted by Gasteiger charge is -2.24. The van der Waals surface area contributed by atoms with Crippen molar-refractivity contribution in [2.24, 2.45) is 0 Å². The number of Topliss-reactive ketones (excluding diaryl/α,β-unsaturated/α-hetero) is 1. The molecule has 2 aromatic heterocycles.